The Morgan fingerprint density at radius 2 is 1.39 bits per heavy atom. The van der Waals surface area contributed by atoms with E-state index in [2.05, 4.69) is 102 Å². The van der Waals surface area contributed by atoms with Crippen LogP contribution in [0.2, 0.25) is 0 Å². The van der Waals surface area contributed by atoms with Gasteiger partial charge in [-0.15, -0.1) is 0 Å². The van der Waals surface area contributed by atoms with E-state index in [0.717, 1.165) is 24.2 Å². The predicted molar refractivity (Wildman–Crippen MR) is 168 cm³/mol. The highest BCUT2D eigenvalue weighted by Gasteiger charge is 2.13. The summed E-state index contributed by atoms with van der Waals surface area (Å²) in [6.45, 7) is 21.7. The molecule has 3 aromatic carbocycles. The third-order valence-electron chi connectivity index (χ3n) is 5.89. The lowest BCUT2D eigenvalue weighted by atomic mass is 9.85. The van der Waals surface area contributed by atoms with Crippen molar-refractivity contribution in [2.75, 3.05) is 20.8 Å². The van der Waals surface area contributed by atoms with Crippen LogP contribution in [0.5, 0.6) is 5.75 Å². The molecule has 0 atom stereocenters. The molecule has 2 heteroatoms. The Labute approximate surface area is 232 Å². The van der Waals surface area contributed by atoms with Crippen LogP contribution in [0.4, 0.5) is 0 Å². The van der Waals surface area contributed by atoms with Gasteiger partial charge in [0.1, 0.15) is 5.75 Å². The normalized spacial score (nSPS) is 10.9. The lowest BCUT2D eigenvalue weighted by Gasteiger charge is -2.19. The zero-order valence-electron chi connectivity index (χ0n) is 24.9. The molecule has 0 unspecified atom stereocenters. The number of benzene rings is 3. The quantitative estimate of drug-likeness (QED) is 0.280. The lowest BCUT2D eigenvalue weighted by molar-refractivity contribution is 0.226. The zero-order valence-corrected chi connectivity index (χ0v) is 24.9. The molecule has 0 aromatic heterocycles. The maximum Gasteiger partial charge on any atom is 0.118 e. The van der Waals surface area contributed by atoms with Crippen LogP contribution in [0.1, 0.15) is 70.2 Å². The highest BCUT2D eigenvalue weighted by atomic mass is 16.5. The van der Waals surface area contributed by atoms with Crippen molar-refractivity contribution in [3.8, 4) is 5.75 Å². The Morgan fingerprint density at radius 1 is 0.816 bits per heavy atom. The molecule has 0 radical (unpaired) electrons. The SMILES string of the molecule is C=C(C)COC.C=C(Cc1ccccc1C(C)=CCC)c1ccc(C(C)(C)C)cc1.COc1ccccc1. The lowest BCUT2D eigenvalue weighted by Crippen LogP contribution is -2.10. The van der Waals surface area contributed by atoms with Crippen molar-refractivity contribution >= 4 is 11.1 Å². The highest BCUT2D eigenvalue weighted by Crippen LogP contribution is 2.27. The van der Waals surface area contributed by atoms with Crippen molar-refractivity contribution in [2.24, 2.45) is 0 Å². The van der Waals surface area contributed by atoms with Crippen molar-refractivity contribution in [1.29, 1.82) is 0 Å². The molecule has 3 rings (SSSR count). The molecule has 0 saturated heterocycles. The van der Waals surface area contributed by atoms with Gasteiger partial charge in [0.25, 0.3) is 0 Å². The van der Waals surface area contributed by atoms with Gasteiger partial charge >= 0.3 is 0 Å². The Balaban J connectivity index is 0.000000420. The van der Waals surface area contributed by atoms with Gasteiger partial charge in [0.15, 0.2) is 0 Å². The Bertz CT molecular complexity index is 1130. The number of hydrogen-bond acceptors (Lipinski definition) is 2. The van der Waals surface area contributed by atoms with Crippen molar-refractivity contribution < 1.29 is 9.47 Å². The minimum absolute atomic E-state index is 0.189. The first-order valence-corrected chi connectivity index (χ1v) is 13.3. The summed E-state index contributed by atoms with van der Waals surface area (Å²) in [4.78, 5) is 0. The van der Waals surface area contributed by atoms with Gasteiger partial charge in [0.2, 0.25) is 0 Å². The summed E-state index contributed by atoms with van der Waals surface area (Å²) in [5, 5.41) is 0. The van der Waals surface area contributed by atoms with Crippen molar-refractivity contribution in [3.63, 3.8) is 0 Å². The average Bonchev–Trinajstić information content (AvgIpc) is 2.90. The molecule has 0 amide bonds. The van der Waals surface area contributed by atoms with Crippen molar-refractivity contribution in [1.82, 2.24) is 0 Å². The first-order chi connectivity index (χ1) is 18.0. The zero-order chi connectivity index (χ0) is 28.6. The molecule has 0 fully saturated rings. The van der Waals surface area contributed by atoms with Gasteiger partial charge < -0.3 is 9.47 Å². The van der Waals surface area contributed by atoms with E-state index in [0.29, 0.717) is 6.61 Å². The number of rotatable bonds is 8. The molecular weight excluding hydrogens is 464 g/mol. The maximum atomic E-state index is 4.91. The highest BCUT2D eigenvalue weighted by molar-refractivity contribution is 5.72. The minimum atomic E-state index is 0.189. The molecule has 0 N–H and O–H groups in total. The van der Waals surface area contributed by atoms with Crippen LogP contribution in [-0.2, 0) is 16.6 Å². The van der Waals surface area contributed by atoms with Gasteiger partial charge in [-0.05, 0) is 77.6 Å². The molecule has 204 valence electrons. The molecule has 0 saturated carbocycles. The van der Waals surface area contributed by atoms with Gasteiger partial charge in [-0.2, -0.15) is 0 Å². The molecule has 0 spiro atoms. The second kappa shape index (κ2) is 17.2. The standard InChI is InChI=1S/C24H30.C7H8O.C5H10O/c1-7-10-18(2)23-12-9-8-11-21(23)17-19(3)20-13-15-22(16-14-20)24(4,5)6;1-8-7-5-3-2-4-6-7;1-5(2)4-6-3/h8-16H,3,7,17H2,1-2,4-6H3;2-6H,1H3;1,4H2,2-3H3. The Kier molecular flexibility index (Phi) is 14.8. The number of ether oxygens (including phenoxy) is 2. The van der Waals surface area contributed by atoms with Crippen LogP contribution in [-0.4, -0.2) is 20.8 Å². The minimum Gasteiger partial charge on any atom is -0.497 e. The van der Waals surface area contributed by atoms with Crippen LogP contribution in [0, 0.1) is 0 Å². The van der Waals surface area contributed by atoms with Crippen molar-refractivity contribution in [2.45, 2.75) is 59.8 Å². The van der Waals surface area contributed by atoms with Crippen molar-refractivity contribution in [3.05, 3.63) is 126 Å². The van der Waals surface area contributed by atoms with E-state index in [1.165, 1.54) is 33.4 Å². The van der Waals surface area contributed by atoms with E-state index in [4.69, 9.17) is 9.47 Å². The fraction of sp³-hybridized carbons (Fsp3) is 0.333. The smallest absolute Gasteiger partial charge is 0.118 e. The van der Waals surface area contributed by atoms with Crippen LogP contribution >= 0.6 is 0 Å². The third kappa shape index (κ3) is 12.3. The number of hydrogen-bond donors (Lipinski definition) is 0. The summed E-state index contributed by atoms with van der Waals surface area (Å²) < 4.78 is 9.62. The number of methoxy groups -OCH3 is 2. The maximum absolute atomic E-state index is 4.91. The molecule has 0 bridgehead atoms. The molecule has 0 heterocycles. The topological polar surface area (TPSA) is 18.5 Å². The Hall–Kier alpha value is -3.36. The molecule has 0 aliphatic rings. The molecule has 2 nitrogen and oxygen atoms in total. The summed E-state index contributed by atoms with van der Waals surface area (Å²) in [5.74, 6) is 0.910. The van der Waals surface area contributed by atoms with E-state index in [1.807, 2.05) is 37.3 Å². The molecule has 0 aliphatic carbocycles. The first kappa shape index (κ1) is 32.7. The largest absolute Gasteiger partial charge is 0.497 e. The third-order valence-corrected chi connectivity index (χ3v) is 5.89. The summed E-state index contributed by atoms with van der Waals surface area (Å²) >= 11 is 0. The summed E-state index contributed by atoms with van der Waals surface area (Å²) in [7, 11) is 3.32. The van der Waals surface area contributed by atoms with Crippen LogP contribution in [0.15, 0.2) is 104 Å². The average molecular weight is 513 g/mol. The van der Waals surface area contributed by atoms with Crippen LogP contribution < -0.4 is 4.74 Å². The second-order valence-corrected chi connectivity index (χ2v) is 10.5. The Morgan fingerprint density at radius 3 is 1.84 bits per heavy atom. The van der Waals surface area contributed by atoms with Gasteiger partial charge in [-0.3, -0.25) is 0 Å². The molecule has 38 heavy (non-hydrogen) atoms. The van der Waals surface area contributed by atoms with E-state index in [9.17, 15) is 0 Å². The fourth-order valence-corrected chi connectivity index (χ4v) is 3.82. The number of allylic oxidation sites excluding steroid dienone is 3. The van der Waals surface area contributed by atoms with E-state index in [1.54, 1.807) is 14.2 Å². The van der Waals surface area contributed by atoms with Crippen LogP contribution in [0.3, 0.4) is 0 Å². The van der Waals surface area contributed by atoms with E-state index < -0.39 is 0 Å². The monoisotopic (exact) mass is 512 g/mol. The van der Waals surface area contributed by atoms with E-state index >= 15 is 0 Å². The van der Waals surface area contributed by atoms with E-state index in [-0.39, 0.29) is 5.41 Å². The van der Waals surface area contributed by atoms with Gasteiger partial charge in [-0.1, -0.05) is 119 Å². The summed E-state index contributed by atoms with van der Waals surface area (Å²) in [6, 6.07) is 27.2. The van der Waals surface area contributed by atoms with Gasteiger partial charge in [0, 0.05) is 7.11 Å². The molecule has 3 aromatic rings. The molecular formula is C36H48O2. The second-order valence-electron chi connectivity index (χ2n) is 10.5. The van der Waals surface area contributed by atoms with Gasteiger partial charge in [-0.25, -0.2) is 0 Å². The van der Waals surface area contributed by atoms with Crippen LogP contribution in [0.25, 0.3) is 11.1 Å². The number of para-hydroxylation sites is 1. The fourth-order valence-electron chi connectivity index (χ4n) is 3.82. The predicted octanol–water partition coefficient (Wildman–Crippen LogP) is 9.96. The van der Waals surface area contributed by atoms with Gasteiger partial charge in [0.05, 0.1) is 13.7 Å². The molecule has 0 aliphatic heterocycles. The summed E-state index contributed by atoms with van der Waals surface area (Å²) in [5.41, 5.74) is 9.07. The summed E-state index contributed by atoms with van der Waals surface area (Å²) in [6.07, 6.45) is 4.25. The first-order valence-electron chi connectivity index (χ1n) is 13.3.